The summed E-state index contributed by atoms with van der Waals surface area (Å²) in [6.07, 6.45) is -0.494. The van der Waals surface area contributed by atoms with E-state index in [0.717, 1.165) is 10.0 Å². The van der Waals surface area contributed by atoms with E-state index < -0.39 is 17.6 Å². The van der Waals surface area contributed by atoms with Crippen LogP contribution in [0, 0.1) is 0 Å². The summed E-state index contributed by atoms with van der Waals surface area (Å²) in [6, 6.07) is 14.3. The minimum absolute atomic E-state index is 0.184. The van der Waals surface area contributed by atoms with E-state index in [-0.39, 0.29) is 18.9 Å². The Balaban J connectivity index is 1.94. The monoisotopic (exact) mass is 461 g/mol. The number of ether oxygens (including phenoxy) is 1. The van der Waals surface area contributed by atoms with Crippen LogP contribution < -0.4 is 16.0 Å². The van der Waals surface area contributed by atoms with Gasteiger partial charge in [0.25, 0.3) is 0 Å². The smallest absolute Gasteiger partial charge is 0.408 e. The zero-order valence-corrected chi connectivity index (χ0v) is 18.1. The summed E-state index contributed by atoms with van der Waals surface area (Å²) in [4.78, 5) is 36.2. The first-order valence-corrected chi connectivity index (χ1v) is 9.82. The number of para-hydroxylation sites is 2. The van der Waals surface area contributed by atoms with Crippen LogP contribution in [-0.4, -0.2) is 30.1 Å². The number of halogens is 1. The lowest BCUT2D eigenvalue weighted by Gasteiger charge is -2.19. The number of rotatable bonds is 6. The Morgan fingerprint density at radius 2 is 1.45 bits per heavy atom. The summed E-state index contributed by atoms with van der Waals surface area (Å²) in [6.45, 7) is 4.95. The third-order valence-electron chi connectivity index (χ3n) is 3.58. The average molecular weight is 462 g/mol. The SMILES string of the molecule is CC(C)(C)OC(=O)NCC(=O)Nc1ccccc1NC(=O)Cc1ccccc1Br. The van der Waals surface area contributed by atoms with Crippen molar-refractivity contribution in [2.24, 2.45) is 0 Å². The molecule has 154 valence electrons. The summed E-state index contributed by atoms with van der Waals surface area (Å²) < 4.78 is 5.94. The minimum Gasteiger partial charge on any atom is -0.444 e. The summed E-state index contributed by atoms with van der Waals surface area (Å²) >= 11 is 3.42. The molecule has 0 spiro atoms. The normalized spacial score (nSPS) is 10.8. The first-order chi connectivity index (χ1) is 13.6. The highest BCUT2D eigenvalue weighted by atomic mass is 79.9. The molecule has 2 rings (SSSR count). The highest BCUT2D eigenvalue weighted by molar-refractivity contribution is 9.10. The van der Waals surface area contributed by atoms with Gasteiger partial charge in [0.05, 0.1) is 17.8 Å². The molecule has 3 N–H and O–H groups in total. The topological polar surface area (TPSA) is 96.5 Å². The number of alkyl carbamates (subject to hydrolysis) is 1. The average Bonchev–Trinajstić information content (AvgIpc) is 2.62. The van der Waals surface area contributed by atoms with Gasteiger partial charge in [-0.15, -0.1) is 0 Å². The molecule has 0 aliphatic heterocycles. The van der Waals surface area contributed by atoms with Crippen molar-refractivity contribution in [1.29, 1.82) is 0 Å². The van der Waals surface area contributed by atoms with Crippen LogP contribution in [-0.2, 0) is 20.7 Å². The fourth-order valence-corrected chi connectivity index (χ4v) is 2.80. The molecule has 2 aromatic rings. The zero-order valence-electron chi connectivity index (χ0n) is 16.5. The summed E-state index contributed by atoms with van der Waals surface area (Å²) in [7, 11) is 0. The molecule has 0 unspecified atom stereocenters. The third-order valence-corrected chi connectivity index (χ3v) is 4.35. The lowest BCUT2D eigenvalue weighted by atomic mass is 10.1. The van der Waals surface area contributed by atoms with Gasteiger partial charge in [-0.2, -0.15) is 0 Å². The summed E-state index contributed by atoms with van der Waals surface area (Å²) in [5, 5.41) is 7.87. The van der Waals surface area contributed by atoms with Crippen LogP contribution in [0.2, 0.25) is 0 Å². The number of carbonyl (C=O) groups excluding carboxylic acids is 3. The molecule has 0 heterocycles. The van der Waals surface area contributed by atoms with Crippen LogP contribution in [0.4, 0.5) is 16.2 Å². The molecule has 3 amide bonds. The van der Waals surface area contributed by atoms with E-state index >= 15 is 0 Å². The zero-order chi connectivity index (χ0) is 21.4. The van der Waals surface area contributed by atoms with Crippen molar-refractivity contribution in [3.8, 4) is 0 Å². The van der Waals surface area contributed by atoms with Gasteiger partial charge >= 0.3 is 6.09 Å². The molecule has 0 saturated heterocycles. The van der Waals surface area contributed by atoms with Crippen molar-refractivity contribution >= 4 is 45.2 Å². The first-order valence-electron chi connectivity index (χ1n) is 9.03. The Hall–Kier alpha value is -2.87. The van der Waals surface area contributed by atoms with Gasteiger partial charge in [-0.1, -0.05) is 46.3 Å². The quantitative estimate of drug-likeness (QED) is 0.603. The molecule has 0 radical (unpaired) electrons. The van der Waals surface area contributed by atoms with Gasteiger partial charge in [-0.25, -0.2) is 4.79 Å². The van der Waals surface area contributed by atoms with Crippen LogP contribution in [0.5, 0.6) is 0 Å². The van der Waals surface area contributed by atoms with Crippen molar-refractivity contribution in [3.63, 3.8) is 0 Å². The summed E-state index contributed by atoms with van der Waals surface area (Å²) in [5.74, 6) is -0.658. The predicted octanol–water partition coefficient (Wildman–Crippen LogP) is 4.09. The number of hydrogen-bond acceptors (Lipinski definition) is 4. The van der Waals surface area contributed by atoms with Crippen molar-refractivity contribution < 1.29 is 19.1 Å². The van der Waals surface area contributed by atoms with E-state index in [1.807, 2.05) is 24.3 Å². The van der Waals surface area contributed by atoms with E-state index in [1.54, 1.807) is 45.0 Å². The number of benzene rings is 2. The highest BCUT2D eigenvalue weighted by Crippen LogP contribution is 2.22. The molecule has 8 heteroatoms. The van der Waals surface area contributed by atoms with Gasteiger partial charge < -0.3 is 20.7 Å². The first kappa shape index (κ1) is 22.4. The molecule has 0 bridgehead atoms. The molecule has 29 heavy (non-hydrogen) atoms. The van der Waals surface area contributed by atoms with Gasteiger partial charge in [-0.3, -0.25) is 9.59 Å². The number of nitrogens with one attached hydrogen (secondary N) is 3. The van der Waals surface area contributed by atoms with Crippen LogP contribution >= 0.6 is 15.9 Å². The number of hydrogen-bond donors (Lipinski definition) is 3. The van der Waals surface area contributed by atoms with E-state index in [9.17, 15) is 14.4 Å². The second kappa shape index (κ2) is 10.1. The maximum Gasteiger partial charge on any atom is 0.408 e. The van der Waals surface area contributed by atoms with Crippen LogP contribution in [0.3, 0.4) is 0 Å². The maximum atomic E-state index is 12.4. The van der Waals surface area contributed by atoms with E-state index in [0.29, 0.717) is 11.4 Å². The molecular formula is C21H24BrN3O4. The molecule has 0 saturated carbocycles. The van der Waals surface area contributed by atoms with Crippen molar-refractivity contribution in [1.82, 2.24) is 5.32 Å². The second-order valence-corrected chi connectivity index (χ2v) is 8.12. The van der Waals surface area contributed by atoms with E-state index in [2.05, 4.69) is 31.9 Å². The number of anilines is 2. The van der Waals surface area contributed by atoms with E-state index in [4.69, 9.17) is 4.74 Å². The Bertz CT molecular complexity index is 893. The number of amides is 3. The van der Waals surface area contributed by atoms with Crippen LogP contribution in [0.1, 0.15) is 26.3 Å². The largest absolute Gasteiger partial charge is 0.444 e. The molecule has 0 aliphatic carbocycles. The third kappa shape index (κ3) is 7.95. The highest BCUT2D eigenvalue weighted by Gasteiger charge is 2.17. The number of carbonyl (C=O) groups is 3. The van der Waals surface area contributed by atoms with Crippen LogP contribution in [0.15, 0.2) is 53.0 Å². The molecule has 7 nitrogen and oxygen atoms in total. The van der Waals surface area contributed by atoms with Gasteiger partial charge in [0.1, 0.15) is 12.1 Å². The van der Waals surface area contributed by atoms with Gasteiger partial charge in [0.2, 0.25) is 11.8 Å². The minimum atomic E-state index is -0.678. The summed E-state index contributed by atoms with van der Waals surface area (Å²) in [5.41, 5.74) is 1.11. The fourth-order valence-electron chi connectivity index (χ4n) is 2.37. The van der Waals surface area contributed by atoms with Crippen LogP contribution in [0.25, 0.3) is 0 Å². The van der Waals surface area contributed by atoms with Crippen molar-refractivity contribution in [3.05, 3.63) is 58.6 Å². The lowest BCUT2D eigenvalue weighted by Crippen LogP contribution is -2.37. The fraction of sp³-hybridized carbons (Fsp3) is 0.286. The van der Waals surface area contributed by atoms with Gasteiger partial charge in [0.15, 0.2) is 0 Å². The molecule has 2 aromatic carbocycles. The molecule has 0 aliphatic rings. The Morgan fingerprint density at radius 1 is 0.897 bits per heavy atom. The maximum absolute atomic E-state index is 12.4. The second-order valence-electron chi connectivity index (χ2n) is 7.27. The van der Waals surface area contributed by atoms with Gasteiger partial charge in [-0.05, 0) is 44.5 Å². The Morgan fingerprint density at radius 3 is 2.03 bits per heavy atom. The van der Waals surface area contributed by atoms with Crippen molar-refractivity contribution in [2.75, 3.05) is 17.2 Å². The van der Waals surface area contributed by atoms with E-state index in [1.165, 1.54) is 0 Å². The molecule has 0 aromatic heterocycles. The Labute approximate surface area is 178 Å². The molecule has 0 atom stereocenters. The molecular weight excluding hydrogens is 438 g/mol. The lowest BCUT2D eigenvalue weighted by molar-refractivity contribution is -0.116. The predicted molar refractivity (Wildman–Crippen MR) is 116 cm³/mol. The standard InChI is InChI=1S/C21H24BrN3O4/c1-21(2,3)29-20(28)23-13-19(27)25-17-11-7-6-10-16(17)24-18(26)12-14-8-4-5-9-15(14)22/h4-11H,12-13H2,1-3H3,(H,23,28)(H,24,26)(H,25,27). The van der Waals surface area contributed by atoms with Gasteiger partial charge in [0, 0.05) is 4.47 Å². The molecule has 0 fully saturated rings. The van der Waals surface area contributed by atoms with Crippen molar-refractivity contribution in [2.45, 2.75) is 32.8 Å². The Kier molecular flexibility index (Phi) is 7.78.